The highest BCUT2D eigenvalue weighted by Crippen LogP contribution is 2.26. The quantitative estimate of drug-likeness (QED) is 0.714. The Bertz CT molecular complexity index is 912. The molecule has 0 fully saturated rings. The van der Waals surface area contributed by atoms with Crippen molar-refractivity contribution in [3.05, 3.63) is 54.6 Å². The highest BCUT2D eigenvalue weighted by Gasteiger charge is 2.28. The van der Waals surface area contributed by atoms with Crippen LogP contribution in [-0.4, -0.2) is 38.9 Å². The Morgan fingerprint density at radius 3 is 2.52 bits per heavy atom. The van der Waals surface area contributed by atoms with Crippen molar-refractivity contribution in [2.45, 2.75) is 12.7 Å². The Hall–Kier alpha value is -3.43. The summed E-state index contributed by atoms with van der Waals surface area (Å²) in [4.78, 5) is 13.3. The van der Waals surface area contributed by atoms with Crippen LogP contribution in [-0.2, 0) is 11.3 Å². The number of nitrogens with zero attached hydrogens (tertiary/aromatic N) is 4. The van der Waals surface area contributed by atoms with Crippen LogP contribution >= 0.6 is 0 Å². The van der Waals surface area contributed by atoms with Crippen LogP contribution in [0.5, 0.6) is 5.75 Å². The third kappa shape index (κ3) is 5.27. The number of para-hydroxylation sites is 2. The Labute approximate surface area is 151 Å². The fourth-order valence-corrected chi connectivity index (χ4v) is 2.19. The van der Waals surface area contributed by atoms with Crippen LogP contribution in [0, 0.1) is 0 Å². The third-order valence-electron chi connectivity index (χ3n) is 3.32. The number of hydrogen-bond donors (Lipinski definition) is 1. The van der Waals surface area contributed by atoms with Gasteiger partial charge in [0.05, 0.1) is 5.69 Å². The number of halogens is 3. The Morgan fingerprint density at radius 1 is 1.07 bits per heavy atom. The minimum absolute atomic E-state index is 0.0836. The summed E-state index contributed by atoms with van der Waals surface area (Å²) in [6.07, 6.45) is -4.48. The summed E-state index contributed by atoms with van der Waals surface area (Å²) < 4.78 is 41.7. The third-order valence-corrected chi connectivity index (χ3v) is 3.32. The average molecular weight is 377 g/mol. The number of carbonyl (C=O) groups is 1. The van der Waals surface area contributed by atoms with Crippen molar-refractivity contribution in [1.29, 1.82) is 0 Å². The van der Waals surface area contributed by atoms with Gasteiger partial charge in [-0.1, -0.05) is 42.5 Å². The van der Waals surface area contributed by atoms with Crippen molar-refractivity contribution in [3.8, 4) is 17.1 Å². The van der Waals surface area contributed by atoms with Gasteiger partial charge in [0.2, 0.25) is 11.7 Å². The van der Waals surface area contributed by atoms with E-state index in [9.17, 15) is 18.0 Å². The van der Waals surface area contributed by atoms with Crippen molar-refractivity contribution in [1.82, 2.24) is 20.2 Å². The molecule has 1 N–H and O–H groups in total. The van der Waals surface area contributed by atoms with E-state index in [2.05, 4.69) is 20.7 Å². The molecule has 0 aliphatic heterocycles. The number of hydrogen-bond acceptors (Lipinski definition) is 5. The average Bonchev–Trinajstić information content (AvgIpc) is 3.09. The molecule has 1 aromatic heterocycles. The van der Waals surface area contributed by atoms with Gasteiger partial charge in [0.25, 0.3) is 0 Å². The van der Waals surface area contributed by atoms with E-state index in [1.54, 1.807) is 18.2 Å². The van der Waals surface area contributed by atoms with Crippen LogP contribution in [0.1, 0.15) is 0 Å². The van der Waals surface area contributed by atoms with Gasteiger partial charge in [-0.15, -0.1) is 10.2 Å². The number of aromatic nitrogens is 4. The molecule has 27 heavy (non-hydrogen) atoms. The fourth-order valence-electron chi connectivity index (χ4n) is 2.19. The lowest BCUT2D eigenvalue weighted by Crippen LogP contribution is -2.22. The lowest BCUT2D eigenvalue weighted by atomic mass is 10.2. The number of rotatable bonds is 6. The first kappa shape index (κ1) is 18.4. The second kappa shape index (κ2) is 7.85. The molecule has 0 atom stereocenters. The summed E-state index contributed by atoms with van der Waals surface area (Å²) in [5.74, 6) is -0.257. The zero-order valence-electron chi connectivity index (χ0n) is 13.8. The second-order valence-corrected chi connectivity index (χ2v) is 5.46. The lowest BCUT2D eigenvalue weighted by molar-refractivity contribution is -0.153. The van der Waals surface area contributed by atoms with E-state index >= 15 is 0 Å². The lowest BCUT2D eigenvalue weighted by Gasteiger charge is -2.13. The molecule has 1 amide bonds. The van der Waals surface area contributed by atoms with Crippen molar-refractivity contribution >= 4 is 11.6 Å². The first-order valence-corrected chi connectivity index (χ1v) is 7.82. The van der Waals surface area contributed by atoms with Gasteiger partial charge in [0, 0.05) is 5.56 Å². The van der Waals surface area contributed by atoms with Gasteiger partial charge >= 0.3 is 6.18 Å². The smallest absolute Gasteiger partial charge is 0.422 e. The maximum absolute atomic E-state index is 12.3. The summed E-state index contributed by atoms with van der Waals surface area (Å²) in [6.45, 7) is -1.71. The highest BCUT2D eigenvalue weighted by molar-refractivity contribution is 5.92. The molecular weight excluding hydrogens is 363 g/mol. The van der Waals surface area contributed by atoms with Crippen LogP contribution in [0.25, 0.3) is 11.4 Å². The van der Waals surface area contributed by atoms with Crippen molar-refractivity contribution < 1.29 is 22.7 Å². The molecule has 0 saturated carbocycles. The monoisotopic (exact) mass is 377 g/mol. The number of nitrogens with one attached hydrogen (secondary N) is 1. The number of tetrazole rings is 1. The number of anilines is 1. The maximum atomic E-state index is 12.3. The van der Waals surface area contributed by atoms with Crippen LogP contribution in [0.2, 0.25) is 0 Å². The summed E-state index contributed by atoms with van der Waals surface area (Å²) in [6, 6.07) is 14.9. The predicted molar refractivity (Wildman–Crippen MR) is 89.9 cm³/mol. The molecule has 0 aliphatic rings. The van der Waals surface area contributed by atoms with Crippen molar-refractivity contribution in [3.63, 3.8) is 0 Å². The largest absolute Gasteiger partial charge is 0.482 e. The summed E-state index contributed by atoms with van der Waals surface area (Å²) in [7, 11) is 0. The molecule has 1 heterocycles. The molecule has 0 aliphatic carbocycles. The molecule has 0 spiro atoms. The molecule has 0 bridgehead atoms. The molecule has 140 valence electrons. The van der Waals surface area contributed by atoms with Gasteiger partial charge in [-0.3, -0.25) is 4.79 Å². The molecule has 0 saturated heterocycles. The topological polar surface area (TPSA) is 81.9 Å². The summed E-state index contributed by atoms with van der Waals surface area (Å²) in [5, 5.41) is 14.3. The minimum Gasteiger partial charge on any atom is -0.482 e. The molecule has 2 aromatic carbocycles. The van der Waals surface area contributed by atoms with Gasteiger partial charge in [-0.05, 0) is 17.3 Å². The standard InChI is InChI=1S/C17H14F3N5O2/c18-17(19,20)11-27-14-9-5-4-8-13(14)21-15(26)10-25-23-16(22-24-25)12-6-2-1-3-7-12/h1-9H,10-11H2,(H,21,26). The zero-order chi connectivity index (χ0) is 19.3. The first-order chi connectivity index (χ1) is 12.9. The van der Waals surface area contributed by atoms with Crippen LogP contribution < -0.4 is 10.1 Å². The van der Waals surface area contributed by atoms with Crippen LogP contribution in [0.15, 0.2) is 54.6 Å². The molecule has 10 heteroatoms. The van der Waals surface area contributed by atoms with E-state index in [0.717, 1.165) is 10.4 Å². The van der Waals surface area contributed by atoms with Gasteiger partial charge in [-0.25, -0.2) is 0 Å². The Kier molecular flexibility index (Phi) is 5.34. The molecule has 3 aromatic rings. The number of alkyl halides is 3. The second-order valence-electron chi connectivity index (χ2n) is 5.46. The highest BCUT2D eigenvalue weighted by atomic mass is 19.4. The maximum Gasteiger partial charge on any atom is 0.422 e. The van der Waals surface area contributed by atoms with Gasteiger partial charge < -0.3 is 10.1 Å². The Balaban J connectivity index is 1.64. The van der Waals surface area contributed by atoms with Gasteiger partial charge in [0.1, 0.15) is 12.3 Å². The minimum atomic E-state index is -4.48. The normalized spacial score (nSPS) is 11.2. The van der Waals surface area contributed by atoms with E-state index in [1.165, 1.54) is 18.2 Å². The van der Waals surface area contributed by atoms with Crippen molar-refractivity contribution in [2.75, 3.05) is 11.9 Å². The van der Waals surface area contributed by atoms with Crippen LogP contribution in [0.4, 0.5) is 18.9 Å². The Morgan fingerprint density at radius 2 is 1.78 bits per heavy atom. The number of benzene rings is 2. The number of amides is 1. The van der Waals surface area contributed by atoms with E-state index < -0.39 is 18.7 Å². The van der Waals surface area contributed by atoms with E-state index in [-0.39, 0.29) is 18.0 Å². The molecule has 0 radical (unpaired) electrons. The zero-order valence-corrected chi connectivity index (χ0v) is 13.8. The van der Waals surface area contributed by atoms with E-state index in [0.29, 0.717) is 5.82 Å². The SMILES string of the molecule is O=C(Cn1nnc(-c2ccccc2)n1)Nc1ccccc1OCC(F)(F)F. The fraction of sp³-hybridized carbons (Fsp3) is 0.176. The predicted octanol–water partition coefficient (Wildman–Crippen LogP) is 2.92. The van der Waals surface area contributed by atoms with Crippen LogP contribution in [0.3, 0.4) is 0 Å². The number of carbonyl (C=O) groups excluding carboxylic acids is 1. The van der Waals surface area contributed by atoms with Gasteiger partial charge in [0.15, 0.2) is 6.61 Å². The first-order valence-electron chi connectivity index (χ1n) is 7.82. The van der Waals surface area contributed by atoms with Gasteiger partial charge in [-0.2, -0.15) is 18.0 Å². The van der Waals surface area contributed by atoms with Crippen molar-refractivity contribution in [2.24, 2.45) is 0 Å². The van der Waals surface area contributed by atoms with E-state index in [1.807, 2.05) is 18.2 Å². The molecule has 0 unspecified atom stereocenters. The molecular formula is C17H14F3N5O2. The number of ether oxygens (including phenoxy) is 1. The molecule has 3 rings (SSSR count). The summed E-state index contributed by atoms with van der Waals surface area (Å²) in [5.41, 5.74) is 0.866. The molecule has 7 nitrogen and oxygen atoms in total. The summed E-state index contributed by atoms with van der Waals surface area (Å²) >= 11 is 0. The van der Waals surface area contributed by atoms with E-state index in [4.69, 9.17) is 4.74 Å².